The fourth-order valence-corrected chi connectivity index (χ4v) is 3.14. The maximum Gasteiger partial charge on any atom is 0.151 e. The molecule has 1 aliphatic heterocycles. The fraction of sp³-hybridized carbons (Fsp3) is 0.375. The van der Waals surface area contributed by atoms with Gasteiger partial charge in [0.15, 0.2) is 5.82 Å². The first-order chi connectivity index (χ1) is 10.3. The molecule has 0 bridgehead atoms. The molecule has 1 aromatic carbocycles. The van der Waals surface area contributed by atoms with Crippen molar-refractivity contribution in [3.8, 4) is 11.3 Å². The second kappa shape index (κ2) is 6.45. The standard InChI is InChI=1S/C16H20N4S/c1-19-9-11-20(12-10-19)16-8-7-14(17-18-16)13-5-3-4-6-15(13)21-2/h3-8H,9-12H2,1-2H3. The van der Waals surface area contributed by atoms with E-state index in [4.69, 9.17) is 0 Å². The minimum absolute atomic E-state index is 0.942. The molecule has 0 N–H and O–H groups in total. The number of thioether (sulfide) groups is 1. The Hall–Kier alpha value is -1.59. The highest BCUT2D eigenvalue weighted by Gasteiger charge is 2.16. The zero-order valence-electron chi connectivity index (χ0n) is 12.5. The highest BCUT2D eigenvalue weighted by Crippen LogP contribution is 2.28. The summed E-state index contributed by atoms with van der Waals surface area (Å²) in [6.07, 6.45) is 2.09. The smallest absolute Gasteiger partial charge is 0.151 e. The van der Waals surface area contributed by atoms with Gasteiger partial charge < -0.3 is 9.80 Å². The molecule has 5 heteroatoms. The molecule has 1 fully saturated rings. The lowest BCUT2D eigenvalue weighted by Gasteiger charge is -2.32. The summed E-state index contributed by atoms with van der Waals surface area (Å²) in [7, 11) is 2.16. The number of nitrogens with zero attached hydrogens (tertiary/aromatic N) is 4. The van der Waals surface area contributed by atoms with Gasteiger partial charge in [0.05, 0.1) is 5.69 Å². The van der Waals surface area contributed by atoms with E-state index in [-0.39, 0.29) is 0 Å². The summed E-state index contributed by atoms with van der Waals surface area (Å²) in [5.41, 5.74) is 2.10. The quantitative estimate of drug-likeness (QED) is 0.814. The third-order valence-electron chi connectivity index (χ3n) is 3.86. The van der Waals surface area contributed by atoms with Gasteiger partial charge in [-0.1, -0.05) is 18.2 Å². The van der Waals surface area contributed by atoms with Crippen molar-refractivity contribution in [2.45, 2.75) is 4.90 Å². The molecular weight excluding hydrogens is 280 g/mol. The topological polar surface area (TPSA) is 32.3 Å². The number of hydrogen-bond acceptors (Lipinski definition) is 5. The summed E-state index contributed by atoms with van der Waals surface area (Å²) >= 11 is 1.74. The average molecular weight is 300 g/mol. The van der Waals surface area contributed by atoms with E-state index in [1.165, 1.54) is 4.90 Å². The zero-order valence-corrected chi connectivity index (χ0v) is 13.3. The summed E-state index contributed by atoms with van der Waals surface area (Å²) in [4.78, 5) is 5.88. The fourth-order valence-electron chi connectivity index (χ4n) is 2.53. The molecule has 4 nitrogen and oxygen atoms in total. The number of aromatic nitrogens is 2. The Morgan fingerprint density at radius 1 is 0.952 bits per heavy atom. The summed E-state index contributed by atoms with van der Waals surface area (Å²) in [6.45, 7) is 4.20. The van der Waals surface area contributed by atoms with Crippen molar-refractivity contribution in [1.82, 2.24) is 15.1 Å². The van der Waals surface area contributed by atoms with Gasteiger partial charge in [0, 0.05) is 36.6 Å². The molecule has 3 rings (SSSR count). The van der Waals surface area contributed by atoms with E-state index in [1.54, 1.807) is 11.8 Å². The Balaban J connectivity index is 1.81. The third kappa shape index (κ3) is 3.19. The lowest BCUT2D eigenvalue weighted by atomic mass is 10.1. The molecule has 2 heterocycles. The van der Waals surface area contributed by atoms with Crippen LogP contribution in [0.2, 0.25) is 0 Å². The lowest BCUT2D eigenvalue weighted by Crippen LogP contribution is -2.44. The van der Waals surface area contributed by atoms with Crippen molar-refractivity contribution < 1.29 is 0 Å². The summed E-state index contributed by atoms with van der Waals surface area (Å²) < 4.78 is 0. The molecule has 0 atom stereocenters. The summed E-state index contributed by atoms with van der Waals surface area (Å²) in [5, 5.41) is 8.86. The molecule has 0 saturated carbocycles. The average Bonchev–Trinajstić information content (AvgIpc) is 2.56. The van der Waals surface area contributed by atoms with Crippen LogP contribution < -0.4 is 4.90 Å². The number of anilines is 1. The summed E-state index contributed by atoms with van der Waals surface area (Å²) in [5.74, 6) is 0.980. The normalized spacial score (nSPS) is 16.2. The van der Waals surface area contributed by atoms with Crippen LogP contribution in [-0.2, 0) is 0 Å². The highest BCUT2D eigenvalue weighted by atomic mass is 32.2. The van der Waals surface area contributed by atoms with Gasteiger partial charge in [-0.05, 0) is 31.5 Å². The number of hydrogen-bond donors (Lipinski definition) is 0. The van der Waals surface area contributed by atoms with Crippen LogP contribution in [-0.4, -0.2) is 54.6 Å². The van der Waals surface area contributed by atoms with Gasteiger partial charge in [-0.3, -0.25) is 0 Å². The van der Waals surface area contributed by atoms with Gasteiger partial charge in [0.25, 0.3) is 0 Å². The predicted octanol–water partition coefficient (Wildman–Crippen LogP) is 2.62. The van der Waals surface area contributed by atoms with E-state index in [2.05, 4.69) is 63.6 Å². The van der Waals surface area contributed by atoms with Crippen LogP contribution in [0, 0.1) is 0 Å². The van der Waals surface area contributed by atoms with Crippen molar-refractivity contribution >= 4 is 17.6 Å². The Morgan fingerprint density at radius 2 is 1.71 bits per heavy atom. The molecule has 0 aliphatic carbocycles. The Kier molecular flexibility index (Phi) is 4.41. The molecule has 0 spiro atoms. The Morgan fingerprint density at radius 3 is 2.38 bits per heavy atom. The molecule has 2 aromatic rings. The largest absolute Gasteiger partial charge is 0.353 e. The van der Waals surface area contributed by atoms with E-state index in [0.29, 0.717) is 0 Å². The third-order valence-corrected chi connectivity index (χ3v) is 4.66. The summed E-state index contributed by atoms with van der Waals surface area (Å²) in [6, 6.07) is 12.5. The molecule has 110 valence electrons. The SMILES string of the molecule is CSc1ccccc1-c1ccc(N2CCN(C)CC2)nn1. The van der Waals surface area contributed by atoms with Crippen LogP contribution in [0.4, 0.5) is 5.82 Å². The van der Waals surface area contributed by atoms with Crippen LogP contribution in [0.15, 0.2) is 41.3 Å². The minimum atomic E-state index is 0.942. The molecule has 21 heavy (non-hydrogen) atoms. The molecule has 1 saturated heterocycles. The first kappa shape index (κ1) is 14.4. The molecule has 1 aliphatic rings. The van der Waals surface area contributed by atoms with E-state index in [0.717, 1.165) is 43.3 Å². The maximum atomic E-state index is 4.43. The van der Waals surface area contributed by atoms with Crippen molar-refractivity contribution in [1.29, 1.82) is 0 Å². The lowest BCUT2D eigenvalue weighted by molar-refractivity contribution is 0.312. The van der Waals surface area contributed by atoms with Gasteiger partial charge in [0.1, 0.15) is 0 Å². The Bertz CT molecular complexity index is 591. The number of rotatable bonds is 3. The molecule has 0 unspecified atom stereocenters. The van der Waals surface area contributed by atoms with E-state index in [1.807, 2.05) is 6.07 Å². The van der Waals surface area contributed by atoms with E-state index in [9.17, 15) is 0 Å². The van der Waals surface area contributed by atoms with Crippen molar-refractivity contribution in [3.05, 3.63) is 36.4 Å². The van der Waals surface area contributed by atoms with Gasteiger partial charge in [-0.15, -0.1) is 22.0 Å². The Labute approximate surface area is 130 Å². The first-order valence-corrected chi connectivity index (χ1v) is 8.41. The van der Waals surface area contributed by atoms with Gasteiger partial charge in [0.2, 0.25) is 0 Å². The van der Waals surface area contributed by atoms with E-state index >= 15 is 0 Å². The molecular formula is C16H20N4S. The van der Waals surface area contributed by atoms with Crippen molar-refractivity contribution in [3.63, 3.8) is 0 Å². The predicted molar refractivity (Wildman–Crippen MR) is 89.0 cm³/mol. The van der Waals surface area contributed by atoms with Crippen molar-refractivity contribution in [2.75, 3.05) is 44.4 Å². The van der Waals surface area contributed by atoms with Gasteiger partial charge in [-0.25, -0.2) is 0 Å². The van der Waals surface area contributed by atoms with Gasteiger partial charge >= 0.3 is 0 Å². The second-order valence-electron chi connectivity index (χ2n) is 5.27. The van der Waals surface area contributed by atoms with Gasteiger partial charge in [-0.2, -0.15) is 0 Å². The van der Waals surface area contributed by atoms with E-state index < -0.39 is 0 Å². The highest BCUT2D eigenvalue weighted by molar-refractivity contribution is 7.98. The molecule has 1 aromatic heterocycles. The van der Waals surface area contributed by atoms with Crippen LogP contribution in [0.25, 0.3) is 11.3 Å². The monoisotopic (exact) mass is 300 g/mol. The van der Waals surface area contributed by atoms with Crippen LogP contribution in [0.3, 0.4) is 0 Å². The number of piperazine rings is 1. The van der Waals surface area contributed by atoms with Crippen LogP contribution >= 0.6 is 11.8 Å². The number of likely N-dealkylation sites (N-methyl/N-ethyl adjacent to an activating group) is 1. The zero-order chi connectivity index (χ0) is 14.7. The van der Waals surface area contributed by atoms with Crippen molar-refractivity contribution in [2.24, 2.45) is 0 Å². The maximum absolute atomic E-state index is 4.43. The second-order valence-corrected chi connectivity index (χ2v) is 6.12. The minimum Gasteiger partial charge on any atom is -0.353 e. The first-order valence-electron chi connectivity index (χ1n) is 7.18. The van der Waals surface area contributed by atoms with Crippen LogP contribution in [0.5, 0.6) is 0 Å². The molecule has 0 amide bonds. The molecule has 0 radical (unpaired) electrons. The number of benzene rings is 1. The van der Waals surface area contributed by atoms with Crippen LogP contribution in [0.1, 0.15) is 0 Å².